The van der Waals surface area contributed by atoms with E-state index < -0.39 is 52.8 Å². The number of hydrogen-bond acceptors (Lipinski definition) is 7. The molecular weight excluding hydrogens is 326 g/mol. The highest BCUT2D eigenvalue weighted by atomic mass is 32.2. The standard InChI is InChI=1S/C9H11N3O7S2/c10-9(13)6-1-2-7(12(14)15)8(5-6)20(16,17)3-4-21(11,18)19/h1-2,5H,3-4H2,(H2,10,13)(H2,11,18,19). The van der Waals surface area contributed by atoms with Gasteiger partial charge in [0.1, 0.15) is 4.90 Å². The van der Waals surface area contributed by atoms with E-state index in [-0.39, 0.29) is 5.56 Å². The summed E-state index contributed by atoms with van der Waals surface area (Å²) in [5.74, 6) is -2.84. The van der Waals surface area contributed by atoms with Crippen molar-refractivity contribution < 1.29 is 26.6 Å². The van der Waals surface area contributed by atoms with Crippen LogP contribution >= 0.6 is 0 Å². The normalized spacial score (nSPS) is 12.0. The minimum absolute atomic E-state index is 0.255. The summed E-state index contributed by atoms with van der Waals surface area (Å²) in [7, 11) is -8.40. The van der Waals surface area contributed by atoms with Crippen LogP contribution in [-0.4, -0.2) is 39.2 Å². The number of sulfonamides is 1. The Kier molecular flexibility index (Phi) is 4.65. The maximum atomic E-state index is 12.0. The number of amides is 1. The first kappa shape index (κ1) is 17.0. The molecule has 0 aliphatic rings. The zero-order chi connectivity index (χ0) is 16.4. The minimum atomic E-state index is -4.33. The second-order valence-corrected chi connectivity index (χ2v) is 7.80. The van der Waals surface area contributed by atoms with E-state index in [1.165, 1.54) is 0 Å². The Morgan fingerprint density at radius 2 is 1.76 bits per heavy atom. The molecule has 0 saturated carbocycles. The smallest absolute Gasteiger partial charge is 0.288 e. The van der Waals surface area contributed by atoms with E-state index in [2.05, 4.69) is 0 Å². The van der Waals surface area contributed by atoms with Gasteiger partial charge in [0.15, 0.2) is 9.84 Å². The predicted octanol–water partition coefficient (Wildman–Crippen LogP) is -1.24. The number of primary amides is 1. The monoisotopic (exact) mass is 337 g/mol. The molecule has 0 unspecified atom stereocenters. The third kappa shape index (κ3) is 4.47. The largest absolute Gasteiger partial charge is 0.366 e. The van der Waals surface area contributed by atoms with Crippen LogP contribution in [0.25, 0.3) is 0 Å². The van der Waals surface area contributed by atoms with Crippen molar-refractivity contribution in [1.29, 1.82) is 0 Å². The van der Waals surface area contributed by atoms with Gasteiger partial charge in [-0.15, -0.1) is 0 Å². The predicted molar refractivity (Wildman–Crippen MR) is 71.6 cm³/mol. The molecule has 0 spiro atoms. The van der Waals surface area contributed by atoms with Gasteiger partial charge in [-0.3, -0.25) is 14.9 Å². The van der Waals surface area contributed by atoms with Crippen LogP contribution in [0.1, 0.15) is 10.4 Å². The molecule has 0 heterocycles. The van der Waals surface area contributed by atoms with Crippen LogP contribution < -0.4 is 10.9 Å². The lowest BCUT2D eigenvalue weighted by Crippen LogP contribution is -2.24. The number of primary sulfonamides is 1. The Bertz CT molecular complexity index is 799. The van der Waals surface area contributed by atoms with Crippen molar-refractivity contribution in [2.45, 2.75) is 4.90 Å². The van der Waals surface area contributed by atoms with Gasteiger partial charge in [-0.1, -0.05) is 0 Å². The molecule has 116 valence electrons. The van der Waals surface area contributed by atoms with Crippen LogP contribution in [0.4, 0.5) is 5.69 Å². The number of nitrogens with zero attached hydrogens (tertiary/aromatic N) is 1. The molecular formula is C9H11N3O7S2. The van der Waals surface area contributed by atoms with Crippen molar-refractivity contribution in [2.24, 2.45) is 10.9 Å². The van der Waals surface area contributed by atoms with Crippen LogP contribution in [0.2, 0.25) is 0 Å². The Hall–Kier alpha value is -2.05. The topological polar surface area (TPSA) is 181 Å². The number of carbonyl (C=O) groups is 1. The first-order valence-electron chi connectivity index (χ1n) is 5.25. The molecule has 0 radical (unpaired) electrons. The van der Waals surface area contributed by atoms with Crippen LogP contribution in [0, 0.1) is 10.1 Å². The fourth-order valence-corrected chi connectivity index (χ4v) is 4.20. The van der Waals surface area contributed by atoms with Crippen molar-refractivity contribution >= 4 is 31.5 Å². The first-order chi connectivity index (χ1) is 9.44. The molecule has 1 rings (SSSR count). The highest BCUT2D eigenvalue weighted by Gasteiger charge is 2.28. The van der Waals surface area contributed by atoms with Crippen molar-refractivity contribution in [3.8, 4) is 0 Å². The molecule has 1 aromatic rings. The Balaban J connectivity index is 3.40. The number of hydrogen-bond donors (Lipinski definition) is 2. The first-order valence-corrected chi connectivity index (χ1v) is 8.62. The molecule has 0 aliphatic carbocycles. The summed E-state index contributed by atoms with van der Waals surface area (Å²) >= 11 is 0. The van der Waals surface area contributed by atoms with Crippen molar-refractivity contribution in [3.05, 3.63) is 33.9 Å². The lowest BCUT2D eigenvalue weighted by molar-refractivity contribution is -0.387. The molecule has 1 aromatic carbocycles. The van der Waals surface area contributed by atoms with Crippen molar-refractivity contribution in [3.63, 3.8) is 0 Å². The molecule has 4 N–H and O–H groups in total. The van der Waals surface area contributed by atoms with Crippen LogP contribution in [0.15, 0.2) is 23.1 Å². The Morgan fingerprint density at radius 1 is 1.19 bits per heavy atom. The Labute approximate surface area is 119 Å². The van der Waals surface area contributed by atoms with Crippen molar-refractivity contribution in [2.75, 3.05) is 11.5 Å². The summed E-state index contributed by atoms with van der Waals surface area (Å²) in [4.78, 5) is 20.1. The summed E-state index contributed by atoms with van der Waals surface area (Å²) in [5, 5.41) is 15.5. The zero-order valence-corrected chi connectivity index (χ0v) is 12.1. The molecule has 0 saturated heterocycles. The summed E-state index contributed by atoms with van der Waals surface area (Å²) in [6, 6.07) is 2.54. The molecule has 1 amide bonds. The van der Waals surface area contributed by atoms with E-state index in [4.69, 9.17) is 10.9 Å². The molecule has 21 heavy (non-hydrogen) atoms. The number of nitro benzene ring substituents is 1. The lowest BCUT2D eigenvalue weighted by atomic mass is 10.2. The van der Waals surface area contributed by atoms with E-state index in [0.29, 0.717) is 0 Å². The Morgan fingerprint density at radius 3 is 2.19 bits per heavy atom. The molecule has 12 heteroatoms. The van der Waals surface area contributed by atoms with E-state index in [9.17, 15) is 31.7 Å². The van der Waals surface area contributed by atoms with Crippen LogP contribution in [0.5, 0.6) is 0 Å². The lowest BCUT2D eigenvalue weighted by Gasteiger charge is -2.06. The SMILES string of the molecule is NC(=O)c1ccc([N+](=O)[O-])c(S(=O)(=O)CCS(N)(=O)=O)c1. The quantitative estimate of drug-likeness (QED) is 0.480. The summed E-state index contributed by atoms with van der Waals surface area (Å²) in [6.45, 7) is 0. The van der Waals surface area contributed by atoms with Gasteiger partial charge in [0.25, 0.3) is 5.69 Å². The van der Waals surface area contributed by atoms with Gasteiger partial charge in [0.05, 0.1) is 16.4 Å². The highest BCUT2D eigenvalue weighted by Crippen LogP contribution is 2.26. The second-order valence-electron chi connectivity index (χ2n) is 3.99. The van der Waals surface area contributed by atoms with Gasteiger partial charge in [-0.05, 0) is 12.1 Å². The molecule has 10 nitrogen and oxygen atoms in total. The minimum Gasteiger partial charge on any atom is -0.366 e. The third-order valence-corrected chi connectivity index (χ3v) is 5.18. The van der Waals surface area contributed by atoms with Gasteiger partial charge in [-0.25, -0.2) is 22.0 Å². The van der Waals surface area contributed by atoms with Crippen LogP contribution in [-0.2, 0) is 19.9 Å². The van der Waals surface area contributed by atoms with Gasteiger partial charge < -0.3 is 5.73 Å². The molecule has 0 bridgehead atoms. The number of carbonyl (C=O) groups excluding carboxylic acids is 1. The number of rotatable bonds is 6. The van der Waals surface area contributed by atoms with Gasteiger partial charge >= 0.3 is 0 Å². The second kappa shape index (κ2) is 5.75. The number of benzene rings is 1. The third-order valence-electron chi connectivity index (χ3n) is 2.41. The average Bonchev–Trinajstić information content (AvgIpc) is 2.35. The number of nitro groups is 1. The van der Waals surface area contributed by atoms with Crippen molar-refractivity contribution in [1.82, 2.24) is 0 Å². The fourth-order valence-electron chi connectivity index (χ4n) is 1.40. The van der Waals surface area contributed by atoms with Gasteiger partial charge in [0.2, 0.25) is 15.9 Å². The number of sulfone groups is 1. The molecule has 0 aliphatic heterocycles. The molecule has 0 atom stereocenters. The van der Waals surface area contributed by atoms with E-state index in [1.54, 1.807) is 0 Å². The molecule has 0 fully saturated rings. The maximum Gasteiger partial charge on any atom is 0.288 e. The summed E-state index contributed by atoms with van der Waals surface area (Å²) in [6.07, 6.45) is 0. The summed E-state index contributed by atoms with van der Waals surface area (Å²) < 4.78 is 45.6. The van der Waals surface area contributed by atoms with E-state index in [1.807, 2.05) is 0 Å². The van der Waals surface area contributed by atoms with Crippen LogP contribution in [0.3, 0.4) is 0 Å². The van der Waals surface area contributed by atoms with E-state index in [0.717, 1.165) is 18.2 Å². The molecule has 0 aromatic heterocycles. The van der Waals surface area contributed by atoms with Gasteiger partial charge in [0, 0.05) is 11.6 Å². The highest BCUT2D eigenvalue weighted by molar-refractivity contribution is 7.94. The zero-order valence-electron chi connectivity index (χ0n) is 10.4. The summed E-state index contributed by atoms with van der Waals surface area (Å²) in [5.41, 5.74) is 3.94. The average molecular weight is 337 g/mol. The van der Waals surface area contributed by atoms with E-state index >= 15 is 0 Å². The maximum absolute atomic E-state index is 12.0. The number of nitrogens with two attached hydrogens (primary N) is 2. The van der Waals surface area contributed by atoms with Gasteiger partial charge in [-0.2, -0.15) is 0 Å². The fraction of sp³-hybridized carbons (Fsp3) is 0.222.